The van der Waals surface area contributed by atoms with E-state index in [4.69, 9.17) is 0 Å². The zero-order valence-corrected chi connectivity index (χ0v) is 7.91. The van der Waals surface area contributed by atoms with Gasteiger partial charge in [-0.15, -0.1) is 0 Å². The fourth-order valence-corrected chi connectivity index (χ4v) is 1.42. The van der Waals surface area contributed by atoms with E-state index in [0.717, 1.165) is 24.2 Å². The van der Waals surface area contributed by atoms with E-state index in [0.29, 0.717) is 0 Å². The molecule has 0 radical (unpaired) electrons. The number of rotatable bonds is 3. The molecule has 0 spiro atoms. The van der Waals surface area contributed by atoms with Crippen LogP contribution in [0.5, 0.6) is 5.75 Å². The van der Waals surface area contributed by atoms with Crippen LogP contribution in [-0.4, -0.2) is 18.9 Å². The van der Waals surface area contributed by atoms with Crippen molar-refractivity contribution >= 4 is 5.71 Å². The average Bonchev–Trinajstić information content (AvgIpc) is 2.71. The molecule has 1 heterocycles. The lowest BCUT2D eigenvalue weighted by atomic mass is 10.1. The number of hydrogen-bond donors (Lipinski definition) is 1. The van der Waals surface area contributed by atoms with Gasteiger partial charge in [-0.2, -0.15) is 13.9 Å². The molecule has 0 unspecified atom stereocenters. The third kappa shape index (κ3) is 2.43. The van der Waals surface area contributed by atoms with E-state index in [2.05, 4.69) is 15.3 Å². The van der Waals surface area contributed by atoms with Gasteiger partial charge < -0.3 is 10.2 Å². The molecular formula is C10H10F2N2O. The summed E-state index contributed by atoms with van der Waals surface area (Å²) in [5, 5.41) is 4.07. The van der Waals surface area contributed by atoms with Gasteiger partial charge in [0.15, 0.2) is 0 Å². The second-order valence-electron chi connectivity index (χ2n) is 3.12. The summed E-state index contributed by atoms with van der Waals surface area (Å²) in [5.41, 5.74) is 4.73. The molecular weight excluding hydrogens is 202 g/mol. The first-order valence-electron chi connectivity index (χ1n) is 4.60. The number of hydrogen-bond acceptors (Lipinski definition) is 3. The molecule has 80 valence electrons. The van der Waals surface area contributed by atoms with Crippen molar-refractivity contribution < 1.29 is 13.5 Å². The van der Waals surface area contributed by atoms with Crippen molar-refractivity contribution in [2.24, 2.45) is 5.10 Å². The summed E-state index contributed by atoms with van der Waals surface area (Å²) in [5.74, 6) is 0.167. The summed E-state index contributed by atoms with van der Waals surface area (Å²) in [6.07, 6.45) is 0.856. The SMILES string of the molecule is FC(F)Oc1ccc(C2=NNCC2)cc1. The van der Waals surface area contributed by atoms with Crippen LogP contribution in [0.2, 0.25) is 0 Å². The van der Waals surface area contributed by atoms with Gasteiger partial charge in [0.05, 0.1) is 5.71 Å². The van der Waals surface area contributed by atoms with E-state index in [1.165, 1.54) is 12.1 Å². The number of nitrogens with zero attached hydrogens (tertiary/aromatic N) is 1. The zero-order chi connectivity index (χ0) is 10.7. The zero-order valence-electron chi connectivity index (χ0n) is 7.91. The number of alkyl halides is 2. The van der Waals surface area contributed by atoms with Crippen molar-refractivity contribution in [3.05, 3.63) is 29.8 Å². The fraction of sp³-hybridized carbons (Fsp3) is 0.300. The molecule has 0 atom stereocenters. The standard InChI is InChI=1S/C10H10F2N2O/c11-10(12)15-8-3-1-7(2-4-8)9-5-6-13-14-9/h1-4,10,13H,5-6H2. The van der Waals surface area contributed by atoms with E-state index in [1.807, 2.05) is 0 Å². The topological polar surface area (TPSA) is 33.6 Å². The predicted octanol–water partition coefficient (Wildman–Crippen LogP) is 1.99. The Labute approximate surface area is 85.7 Å². The summed E-state index contributed by atoms with van der Waals surface area (Å²) in [4.78, 5) is 0. The molecule has 1 aliphatic heterocycles. The van der Waals surface area contributed by atoms with Gasteiger partial charge >= 0.3 is 6.61 Å². The lowest BCUT2D eigenvalue weighted by molar-refractivity contribution is -0.0498. The van der Waals surface area contributed by atoms with Crippen molar-refractivity contribution in [3.8, 4) is 5.75 Å². The van der Waals surface area contributed by atoms with E-state index in [9.17, 15) is 8.78 Å². The second-order valence-corrected chi connectivity index (χ2v) is 3.12. The largest absolute Gasteiger partial charge is 0.435 e. The smallest absolute Gasteiger partial charge is 0.387 e. The van der Waals surface area contributed by atoms with Crippen LogP contribution in [0.15, 0.2) is 29.4 Å². The van der Waals surface area contributed by atoms with Crippen LogP contribution in [0.1, 0.15) is 12.0 Å². The van der Waals surface area contributed by atoms with Crippen molar-refractivity contribution in [1.82, 2.24) is 5.43 Å². The highest BCUT2D eigenvalue weighted by Gasteiger charge is 2.09. The molecule has 5 heteroatoms. The number of halogens is 2. The number of nitrogens with one attached hydrogen (secondary N) is 1. The molecule has 0 amide bonds. The Hall–Kier alpha value is -1.65. The first-order chi connectivity index (χ1) is 7.25. The average molecular weight is 212 g/mol. The third-order valence-corrected chi connectivity index (χ3v) is 2.10. The molecule has 0 aromatic heterocycles. The number of benzene rings is 1. The summed E-state index contributed by atoms with van der Waals surface area (Å²) >= 11 is 0. The molecule has 0 saturated carbocycles. The van der Waals surface area contributed by atoms with Gasteiger partial charge in [0.2, 0.25) is 0 Å². The van der Waals surface area contributed by atoms with Crippen molar-refractivity contribution in [2.45, 2.75) is 13.0 Å². The highest BCUT2D eigenvalue weighted by atomic mass is 19.3. The van der Waals surface area contributed by atoms with E-state index >= 15 is 0 Å². The summed E-state index contributed by atoms with van der Waals surface area (Å²) in [6, 6.07) is 6.48. The fourth-order valence-electron chi connectivity index (χ4n) is 1.42. The highest BCUT2D eigenvalue weighted by molar-refractivity contribution is 6.01. The minimum Gasteiger partial charge on any atom is -0.435 e. The van der Waals surface area contributed by atoms with Crippen LogP contribution in [0.25, 0.3) is 0 Å². The first-order valence-corrected chi connectivity index (χ1v) is 4.60. The molecule has 0 aliphatic carbocycles. The molecule has 0 saturated heterocycles. The summed E-state index contributed by atoms with van der Waals surface area (Å²) in [7, 11) is 0. The molecule has 0 bridgehead atoms. The molecule has 2 rings (SSSR count). The van der Waals surface area contributed by atoms with Gasteiger partial charge in [0.25, 0.3) is 0 Å². The predicted molar refractivity (Wildman–Crippen MR) is 52.2 cm³/mol. The van der Waals surface area contributed by atoms with Gasteiger partial charge in [0.1, 0.15) is 5.75 Å². The van der Waals surface area contributed by atoms with Crippen LogP contribution in [0.4, 0.5) is 8.78 Å². The quantitative estimate of drug-likeness (QED) is 0.831. The molecule has 1 aromatic carbocycles. The van der Waals surface area contributed by atoms with Crippen LogP contribution in [0, 0.1) is 0 Å². The van der Waals surface area contributed by atoms with Gasteiger partial charge in [-0.05, 0) is 29.8 Å². The Bertz CT molecular complexity index is 362. The number of hydrazone groups is 1. The molecule has 3 nitrogen and oxygen atoms in total. The minimum atomic E-state index is -2.78. The highest BCUT2D eigenvalue weighted by Crippen LogP contribution is 2.16. The first kappa shape index (κ1) is 9.89. The van der Waals surface area contributed by atoms with E-state index in [-0.39, 0.29) is 5.75 Å². The Balaban J connectivity index is 2.10. The number of ether oxygens (including phenoxy) is 1. The molecule has 0 fully saturated rings. The van der Waals surface area contributed by atoms with Gasteiger partial charge in [-0.25, -0.2) is 0 Å². The Kier molecular flexibility index (Phi) is 2.80. The Morgan fingerprint density at radius 1 is 1.27 bits per heavy atom. The van der Waals surface area contributed by atoms with E-state index < -0.39 is 6.61 Å². The van der Waals surface area contributed by atoms with Crippen LogP contribution in [-0.2, 0) is 0 Å². The maximum Gasteiger partial charge on any atom is 0.387 e. The maximum absolute atomic E-state index is 11.9. The van der Waals surface area contributed by atoms with Crippen molar-refractivity contribution in [2.75, 3.05) is 6.54 Å². The van der Waals surface area contributed by atoms with E-state index in [1.54, 1.807) is 12.1 Å². The second kappa shape index (κ2) is 4.25. The van der Waals surface area contributed by atoms with Gasteiger partial charge in [-0.1, -0.05) is 0 Å². The molecule has 1 aliphatic rings. The lowest BCUT2D eigenvalue weighted by Gasteiger charge is -2.05. The molecule has 1 aromatic rings. The van der Waals surface area contributed by atoms with Crippen LogP contribution in [0.3, 0.4) is 0 Å². The summed E-state index contributed by atoms with van der Waals surface area (Å²) < 4.78 is 28.0. The van der Waals surface area contributed by atoms with Gasteiger partial charge in [-0.3, -0.25) is 0 Å². The maximum atomic E-state index is 11.9. The monoisotopic (exact) mass is 212 g/mol. The Morgan fingerprint density at radius 2 is 2.00 bits per heavy atom. The lowest BCUT2D eigenvalue weighted by Crippen LogP contribution is -2.02. The van der Waals surface area contributed by atoms with Gasteiger partial charge in [0, 0.05) is 13.0 Å². The van der Waals surface area contributed by atoms with Crippen LogP contribution < -0.4 is 10.2 Å². The normalized spacial score (nSPS) is 15.0. The minimum absolute atomic E-state index is 0.167. The van der Waals surface area contributed by atoms with Crippen LogP contribution >= 0.6 is 0 Å². The Morgan fingerprint density at radius 3 is 2.53 bits per heavy atom. The van der Waals surface area contributed by atoms with Crippen molar-refractivity contribution in [1.29, 1.82) is 0 Å². The molecule has 15 heavy (non-hydrogen) atoms. The van der Waals surface area contributed by atoms with Crippen molar-refractivity contribution in [3.63, 3.8) is 0 Å². The summed E-state index contributed by atoms with van der Waals surface area (Å²) in [6.45, 7) is -1.95. The molecule has 1 N–H and O–H groups in total. The third-order valence-electron chi connectivity index (χ3n) is 2.10.